The third kappa shape index (κ3) is 5.23. The predicted molar refractivity (Wildman–Crippen MR) is 89.1 cm³/mol. The molecule has 0 amide bonds. The lowest BCUT2D eigenvalue weighted by Crippen LogP contribution is -2.13. The van der Waals surface area contributed by atoms with Gasteiger partial charge in [-0.05, 0) is 43.7 Å². The van der Waals surface area contributed by atoms with E-state index in [4.69, 9.17) is 22.1 Å². The Kier molecular flexibility index (Phi) is 5.91. The lowest BCUT2D eigenvalue weighted by molar-refractivity contribution is 0.242. The number of rotatable bonds is 6. The largest absolute Gasteiger partial charge is 0.491 e. The fourth-order valence-corrected chi connectivity index (χ4v) is 2.73. The highest BCUT2D eigenvalue weighted by Gasteiger charge is 2.08. The van der Waals surface area contributed by atoms with Crippen molar-refractivity contribution in [3.8, 4) is 5.75 Å². The molecule has 1 aromatic carbocycles. The Labute approximate surface area is 134 Å². The number of aromatic nitrogens is 1. The molecular formula is C16H19ClN2OS. The molecule has 5 heteroatoms. The zero-order chi connectivity index (χ0) is 15.2. The fraction of sp³-hybridized carbons (Fsp3) is 0.312. The van der Waals surface area contributed by atoms with E-state index in [2.05, 4.69) is 4.98 Å². The molecule has 0 saturated heterocycles. The van der Waals surface area contributed by atoms with E-state index in [0.29, 0.717) is 5.02 Å². The second-order valence-electron chi connectivity index (χ2n) is 4.97. The first-order chi connectivity index (χ1) is 10.0. The highest BCUT2D eigenvalue weighted by atomic mass is 35.5. The molecule has 2 rings (SSSR count). The fourth-order valence-electron chi connectivity index (χ4n) is 1.78. The first kappa shape index (κ1) is 16.1. The Hall–Kier alpha value is -1.23. The third-order valence-electron chi connectivity index (χ3n) is 2.79. The number of benzene rings is 1. The molecule has 0 spiro atoms. The second-order valence-corrected chi connectivity index (χ2v) is 6.44. The van der Waals surface area contributed by atoms with Gasteiger partial charge in [-0.15, -0.1) is 11.8 Å². The standard InChI is InChI=1S/C16H19ClN2OS/c1-11(2)20-14-6-3-12(4-7-14)15(18)10-21-16-8-5-13(17)9-19-16/h3-9,11,15H,10,18H2,1-2H3. The molecule has 2 N–H and O–H groups in total. The molecule has 1 heterocycles. The van der Waals surface area contributed by atoms with Gasteiger partial charge in [-0.1, -0.05) is 23.7 Å². The monoisotopic (exact) mass is 322 g/mol. The van der Waals surface area contributed by atoms with Crippen molar-refractivity contribution in [1.82, 2.24) is 4.98 Å². The molecule has 21 heavy (non-hydrogen) atoms. The molecule has 1 aromatic heterocycles. The van der Waals surface area contributed by atoms with Crippen LogP contribution in [-0.2, 0) is 0 Å². The second kappa shape index (κ2) is 7.69. The molecule has 112 valence electrons. The lowest BCUT2D eigenvalue weighted by atomic mass is 10.1. The van der Waals surface area contributed by atoms with E-state index >= 15 is 0 Å². The summed E-state index contributed by atoms with van der Waals surface area (Å²) in [4.78, 5) is 4.25. The van der Waals surface area contributed by atoms with Gasteiger partial charge in [0.2, 0.25) is 0 Å². The van der Waals surface area contributed by atoms with E-state index in [9.17, 15) is 0 Å². The summed E-state index contributed by atoms with van der Waals surface area (Å²) in [5, 5.41) is 1.57. The maximum atomic E-state index is 6.21. The van der Waals surface area contributed by atoms with Crippen LogP contribution in [0.3, 0.4) is 0 Å². The molecule has 0 bridgehead atoms. The molecule has 1 atom stereocenters. The van der Waals surface area contributed by atoms with Crippen LogP contribution < -0.4 is 10.5 Å². The van der Waals surface area contributed by atoms with Gasteiger partial charge in [0.05, 0.1) is 16.2 Å². The van der Waals surface area contributed by atoms with Crippen molar-refractivity contribution in [1.29, 1.82) is 0 Å². The smallest absolute Gasteiger partial charge is 0.119 e. The summed E-state index contributed by atoms with van der Waals surface area (Å²) in [5.41, 5.74) is 7.30. The number of pyridine rings is 1. The van der Waals surface area contributed by atoms with Crippen LogP contribution in [-0.4, -0.2) is 16.8 Å². The highest BCUT2D eigenvalue weighted by molar-refractivity contribution is 7.99. The van der Waals surface area contributed by atoms with Crippen molar-refractivity contribution < 1.29 is 4.74 Å². The summed E-state index contributed by atoms with van der Waals surface area (Å²) in [7, 11) is 0. The first-order valence-corrected chi connectivity index (χ1v) is 8.17. The summed E-state index contributed by atoms with van der Waals surface area (Å²) in [5.74, 6) is 1.63. The van der Waals surface area contributed by atoms with Crippen molar-refractivity contribution >= 4 is 23.4 Å². The van der Waals surface area contributed by atoms with Crippen LogP contribution in [0, 0.1) is 0 Å². The number of halogens is 1. The van der Waals surface area contributed by atoms with E-state index in [1.54, 1.807) is 18.0 Å². The van der Waals surface area contributed by atoms with Crippen LogP contribution in [0.4, 0.5) is 0 Å². The Bertz CT molecular complexity index is 557. The van der Waals surface area contributed by atoms with Crippen LogP contribution in [0.5, 0.6) is 5.75 Å². The minimum absolute atomic E-state index is 0.0411. The normalized spacial score (nSPS) is 12.4. The van der Waals surface area contributed by atoms with Crippen molar-refractivity contribution in [2.24, 2.45) is 5.73 Å². The molecule has 3 nitrogen and oxygen atoms in total. The van der Waals surface area contributed by atoms with Gasteiger partial charge in [0.15, 0.2) is 0 Å². The summed E-state index contributed by atoms with van der Waals surface area (Å²) in [6, 6.07) is 11.6. The van der Waals surface area contributed by atoms with Gasteiger partial charge in [-0.3, -0.25) is 0 Å². The van der Waals surface area contributed by atoms with Crippen LogP contribution in [0.2, 0.25) is 5.02 Å². The highest BCUT2D eigenvalue weighted by Crippen LogP contribution is 2.24. The molecule has 0 aliphatic rings. The zero-order valence-corrected chi connectivity index (χ0v) is 13.7. The number of hydrogen-bond donors (Lipinski definition) is 1. The number of nitrogens with zero attached hydrogens (tertiary/aromatic N) is 1. The molecule has 1 unspecified atom stereocenters. The molecule has 0 fully saturated rings. The molecule has 0 aliphatic carbocycles. The predicted octanol–water partition coefficient (Wildman–Crippen LogP) is 4.31. The Balaban J connectivity index is 1.90. The summed E-state index contributed by atoms with van der Waals surface area (Å²) in [6.45, 7) is 4.02. The van der Waals surface area contributed by atoms with Gasteiger partial charge < -0.3 is 10.5 Å². The van der Waals surface area contributed by atoms with E-state index in [1.807, 2.05) is 50.2 Å². The van der Waals surface area contributed by atoms with Crippen molar-refractivity contribution in [2.45, 2.75) is 31.0 Å². The van der Waals surface area contributed by atoms with Gasteiger partial charge in [0, 0.05) is 18.0 Å². The molecule has 0 saturated carbocycles. The number of nitrogens with two attached hydrogens (primary N) is 1. The third-order valence-corrected chi connectivity index (χ3v) is 4.08. The maximum absolute atomic E-state index is 6.21. The number of hydrogen-bond acceptors (Lipinski definition) is 4. The number of thioether (sulfide) groups is 1. The SMILES string of the molecule is CC(C)Oc1ccc(C(N)CSc2ccc(Cl)cn2)cc1. The van der Waals surface area contributed by atoms with Crippen molar-refractivity contribution in [3.05, 3.63) is 53.2 Å². The van der Waals surface area contributed by atoms with Gasteiger partial charge in [0.25, 0.3) is 0 Å². The molecular weight excluding hydrogens is 304 g/mol. The first-order valence-electron chi connectivity index (χ1n) is 6.81. The minimum Gasteiger partial charge on any atom is -0.491 e. The molecule has 2 aromatic rings. The topological polar surface area (TPSA) is 48.1 Å². The van der Waals surface area contributed by atoms with Crippen molar-refractivity contribution in [3.63, 3.8) is 0 Å². The van der Waals surface area contributed by atoms with E-state index in [-0.39, 0.29) is 12.1 Å². The maximum Gasteiger partial charge on any atom is 0.119 e. The van der Waals surface area contributed by atoms with E-state index < -0.39 is 0 Å². The van der Waals surface area contributed by atoms with Crippen LogP contribution >= 0.6 is 23.4 Å². The van der Waals surface area contributed by atoms with Gasteiger partial charge >= 0.3 is 0 Å². The quantitative estimate of drug-likeness (QED) is 0.805. The minimum atomic E-state index is -0.0411. The van der Waals surface area contributed by atoms with Gasteiger partial charge in [-0.25, -0.2) is 4.98 Å². The Morgan fingerprint density at radius 3 is 2.48 bits per heavy atom. The van der Waals surface area contributed by atoms with Gasteiger partial charge in [0.1, 0.15) is 5.75 Å². The zero-order valence-electron chi connectivity index (χ0n) is 12.1. The average molecular weight is 323 g/mol. The summed E-state index contributed by atoms with van der Waals surface area (Å²) < 4.78 is 5.62. The summed E-state index contributed by atoms with van der Waals surface area (Å²) >= 11 is 7.43. The van der Waals surface area contributed by atoms with Crippen LogP contribution in [0.25, 0.3) is 0 Å². The molecule has 0 aliphatic heterocycles. The van der Waals surface area contributed by atoms with Crippen LogP contribution in [0.1, 0.15) is 25.5 Å². The van der Waals surface area contributed by atoms with Gasteiger partial charge in [-0.2, -0.15) is 0 Å². The van der Waals surface area contributed by atoms with E-state index in [0.717, 1.165) is 22.1 Å². The Morgan fingerprint density at radius 2 is 1.90 bits per heavy atom. The number of ether oxygens (including phenoxy) is 1. The van der Waals surface area contributed by atoms with E-state index in [1.165, 1.54) is 0 Å². The summed E-state index contributed by atoms with van der Waals surface area (Å²) in [6.07, 6.45) is 1.82. The van der Waals surface area contributed by atoms with Crippen LogP contribution in [0.15, 0.2) is 47.6 Å². The molecule has 0 radical (unpaired) electrons. The Morgan fingerprint density at radius 1 is 1.19 bits per heavy atom. The van der Waals surface area contributed by atoms with Crippen molar-refractivity contribution in [2.75, 3.05) is 5.75 Å². The lowest BCUT2D eigenvalue weighted by Gasteiger charge is -2.13. The average Bonchev–Trinajstić information content (AvgIpc) is 2.46.